The summed E-state index contributed by atoms with van der Waals surface area (Å²) in [5.74, 6) is -0.217. The Balaban J connectivity index is 2.31. The molecule has 2 nitrogen and oxygen atoms in total. The van der Waals surface area contributed by atoms with Crippen LogP contribution in [0.2, 0.25) is 0 Å². The molecule has 0 amide bonds. The SMILES string of the molecule is O=CC1CCc2cc(F)ccc2N1. The van der Waals surface area contributed by atoms with E-state index in [-0.39, 0.29) is 11.9 Å². The van der Waals surface area contributed by atoms with Gasteiger partial charge in [0, 0.05) is 5.69 Å². The monoisotopic (exact) mass is 179 g/mol. The van der Waals surface area contributed by atoms with Crippen molar-refractivity contribution in [2.75, 3.05) is 5.32 Å². The molecule has 0 bridgehead atoms. The predicted molar refractivity (Wildman–Crippen MR) is 48.2 cm³/mol. The fourth-order valence-electron chi connectivity index (χ4n) is 1.59. The molecular weight excluding hydrogens is 169 g/mol. The molecule has 0 fully saturated rings. The standard InChI is InChI=1S/C10H10FNO/c11-8-2-4-10-7(5-8)1-3-9(6-13)12-10/h2,4-6,9,12H,1,3H2. The van der Waals surface area contributed by atoms with Crippen molar-refractivity contribution >= 4 is 12.0 Å². The summed E-state index contributed by atoms with van der Waals surface area (Å²) in [6.45, 7) is 0. The molecule has 0 spiro atoms. The summed E-state index contributed by atoms with van der Waals surface area (Å²) in [6, 6.07) is 4.49. The van der Waals surface area contributed by atoms with E-state index in [1.165, 1.54) is 12.1 Å². The van der Waals surface area contributed by atoms with Crippen molar-refractivity contribution in [1.29, 1.82) is 0 Å². The van der Waals surface area contributed by atoms with Gasteiger partial charge in [0.2, 0.25) is 0 Å². The lowest BCUT2D eigenvalue weighted by molar-refractivity contribution is -0.108. The van der Waals surface area contributed by atoms with Crippen LogP contribution in [0.15, 0.2) is 18.2 Å². The lowest BCUT2D eigenvalue weighted by atomic mass is 9.99. The van der Waals surface area contributed by atoms with Crippen LogP contribution in [0.4, 0.5) is 10.1 Å². The van der Waals surface area contributed by atoms with Crippen LogP contribution in [0.25, 0.3) is 0 Å². The average molecular weight is 179 g/mol. The normalized spacial score (nSPS) is 20.2. The van der Waals surface area contributed by atoms with Crippen LogP contribution in [0.3, 0.4) is 0 Å². The number of carbonyl (C=O) groups excluding carboxylic acids is 1. The minimum Gasteiger partial charge on any atom is -0.375 e. The molecule has 0 aliphatic carbocycles. The van der Waals surface area contributed by atoms with Crippen molar-refractivity contribution in [2.45, 2.75) is 18.9 Å². The molecule has 0 aromatic heterocycles. The quantitative estimate of drug-likeness (QED) is 0.665. The number of fused-ring (bicyclic) bond motifs is 1. The van der Waals surface area contributed by atoms with Gasteiger partial charge in [-0.2, -0.15) is 0 Å². The number of benzene rings is 1. The Kier molecular flexibility index (Phi) is 2.00. The Bertz CT molecular complexity index is 338. The van der Waals surface area contributed by atoms with Gasteiger partial charge in [-0.1, -0.05) is 0 Å². The summed E-state index contributed by atoms with van der Waals surface area (Å²) >= 11 is 0. The molecular formula is C10H10FNO. The summed E-state index contributed by atoms with van der Waals surface area (Å²) in [5, 5.41) is 3.04. The molecule has 1 aromatic rings. The van der Waals surface area contributed by atoms with Gasteiger partial charge >= 0.3 is 0 Å². The van der Waals surface area contributed by atoms with Gasteiger partial charge in [-0.05, 0) is 36.6 Å². The third-order valence-electron chi connectivity index (χ3n) is 2.30. The Morgan fingerprint density at radius 1 is 1.54 bits per heavy atom. The summed E-state index contributed by atoms with van der Waals surface area (Å²) in [4.78, 5) is 10.5. The molecule has 1 N–H and O–H groups in total. The first-order valence-electron chi connectivity index (χ1n) is 4.30. The maximum atomic E-state index is 12.8. The van der Waals surface area contributed by atoms with E-state index < -0.39 is 0 Å². The molecule has 0 saturated heterocycles. The van der Waals surface area contributed by atoms with Gasteiger partial charge in [-0.15, -0.1) is 0 Å². The lowest BCUT2D eigenvalue weighted by Gasteiger charge is -2.22. The topological polar surface area (TPSA) is 29.1 Å². The second-order valence-electron chi connectivity index (χ2n) is 3.23. The molecule has 2 rings (SSSR count). The van der Waals surface area contributed by atoms with Crippen LogP contribution < -0.4 is 5.32 Å². The van der Waals surface area contributed by atoms with Crippen molar-refractivity contribution in [1.82, 2.24) is 0 Å². The number of anilines is 1. The van der Waals surface area contributed by atoms with Crippen LogP contribution in [-0.4, -0.2) is 12.3 Å². The van der Waals surface area contributed by atoms with Gasteiger partial charge in [-0.25, -0.2) is 4.39 Å². The molecule has 1 aliphatic rings. The third-order valence-corrected chi connectivity index (χ3v) is 2.30. The molecule has 1 aliphatic heterocycles. The van der Waals surface area contributed by atoms with Crippen LogP contribution in [-0.2, 0) is 11.2 Å². The molecule has 1 atom stereocenters. The number of halogens is 1. The molecule has 68 valence electrons. The summed E-state index contributed by atoms with van der Waals surface area (Å²) in [6.07, 6.45) is 2.41. The maximum absolute atomic E-state index is 12.8. The number of rotatable bonds is 1. The lowest BCUT2D eigenvalue weighted by Crippen LogP contribution is -2.26. The average Bonchev–Trinajstić information content (AvgIpc) is 2.17. The Morgan fingerprint density at radius 2 is 2.38 bits per heavy atom. The molecule has 3 heteroatoms. The minimum atomic E-state index is -0.217. The van der Waals surface area contributed by atoms with Gasteiger partial charge < -0.3 is 10.1 Å². The van der Waals surface area contributed by atoms with Crippen molar-refractivity contribution in [3.05, 3.63) is 29.6 Å². The largest absolute Gasteiger partial charge is 0.375 e. The van der Waals surface area contributed by atoms with E-state index >= 15 is 0 Å². The molecule has 1 heterocycles. The van der Waals surface area contributed by atoms with E-state index in [1.54, 1.807) is 6.07 Å². The number of carbonyl (C=O) groups is 1. The van der Waals surface area contributed by atoms with Crippen LogP contribution >= 0.6 is 0 Å². The van der Waals surface area contributed by atoms with E-state index in [9.17, 15) is 9.18 Å². The third kappa shape index (κ3) is 1.54. The van der Waals surface area contributed by atoms with Crippen molar-refractivity contribution < 1.29 is 9.18 Å². The van der Waals surface area contributed by atoms with E-state index in [1.807, 2.05) is 0 Å². The second kappa shape index (κ2) is 3.17. The first-order valence-corrected chi connectivity index (χ1v) is 4.30. The predicted octanol–water partition coefficient (Wildman–Crippen LogP) is 1.75. The van der Waals surface area contributed by atoms with Gasteiger partial charge in [0.25, 0.3) is 0 Å². The number of aldehydes is 1. The first kappa shape index (κ1) is 8.23. The Morgan fingerprint density at radius 3 is 3.15 bits per heavy atom. The van der Waals surface area contributed by atoms with Crippen molar-refractivity contribution in [2.24, 2.45) is 0 Å². The number of hydrogen-bond donors (Lipinski definition) is 1. The zero-order valence-corrected chi connectivity index (χ0v) is 7.09. The highest BCUT2D eigenvalue weighted by Gasteiger charge is 2.16. The fourth-order valence-corrected chi connectivity index (χ4v) is 1.59. The van der Waals surface area contributed by atoms with E-state index in [0.717, 1.165) is 30.4 Å². The summed E-state index contributed by atoms with van der Waals surface area (Å²) in [7, 11) is 0. The highest BCUT2D eigenvalue weighted by atomic mass is 19.1. The van der Waals surface area contributed by atoms with Crippen LogP contribution in [0, 0.1) is 5.82 Å². The van der Waals surface area contributed by atoms with Crippen LogP contribution in [0.1, 0.15) is 12.0 Å². The smallest absolute Gasteiger partial charge is 0.142 e. The number of hydrogen-bond acceptors (Lipinski definition) is 2. The van der Waals surface area contributed by atoms with Gasteiger partial charge in [0.15, 0.2) is 0 Å². The van der Waals surface area contributed by atoms with Crippen molar-refractivity contribution in [3.63, 3.8) is 0 Å². The van der Waals surface area contributed by atoms with Gasteiger partial charge in [0.05, 0.1) is 6.04 Å². The zero-order chi connectivity index (χ0) is 9.26. The zero-order valence-electron chi connectivity index (χ0n) is 7.09. The van der Waals surface area contributed by atoms with E-state index in [0.29, 0.717) is 0 Å². The first-order chi connectivity index (χ1) is 6.29. The Hall–Kier alpha value is -1.38. The number of nitrogens with one attached hydrogen (secondary N) is 1. The van der Waals surface area contributed by atoms with Gasteiger partial charge in [0.1, 0.15) is 12.1 Å². The molecule has 0 saturated carbocycles. The fraction of sp³-hybridized carbons (Fsp3) is 0.300. The maximum Gasteiger partial charge on any atom is 0.142 e. The van der Waals surface area contributed by atoms with Gasteiger partial charge in [-0.3, -0.25) is 0 Å². The Labute approximate surface area is 75.8 Å². The molecule has 1 aromatic carbocycles. The molecule has 13 heavy (non-hydrogen) atoms. The summed E-state index contributed by atoms with van der Waals surface area (Å²) in [5.41, 5.74) is 1.84. The van der Waals surface area contributed by atoms with E-state index in [2.05, 4.69) is 5.32 Å². The molecule has 0 radical (unpaired) electrons. The summed E-state index contributed by atoms with van der Waals surface area (Å²) < 4.78 is 12.8. The second-order valence-corrected chi connectivity index (χ2v) is 3.23. The highest BCUT2D eigenvalue weighted by Crippen LogP contribution is 2.24. The van der Waals surface area contributed by atoms with Crippen LogP contribution in [0.5, 0.6) is 0 Å². The van der Waals surface area contributed by atoms with Crippen molar-refractivity contribution in [3.8, 4) is 0 Å². The molecule has 1 unspecified atom stereocenters. The van der Waals surface area contributed by atoms with E-state index in [4.69, 9.17) is 0 Å². The minimum absolute atomic E-state index is 0.113. The highest BCUT2D eigenvalue weighted by molar-refractivity contribution is 5.67. The number of aryl methyl sites for hydroxylation is 1.